The van der Waals surface area contributed by atoms with Gasteiger partial charge in [-0.1, -0.05) is 43.0 Å². The zero-order valence-corrected chi connectivity index (χ0v) is 15.0. The van der Waals surface area contributed by atoms with Crippen LogP contribution in [0, 0.1) is 4.91 Å². The summed E-state index contributed by atoms with van der Waals surface area (Å²) in [5, 5.41) is 19.2. The van der Waals surface area contributed by atoms with E-state index in [-0.39, 0.29) is 0 Å². The Morgan fingerprint density at radius 3 is 3.07 bits per heavy atom. The summed E-state index contributed by atoms with van der Waals surface area (Å²) in [5.41, 5.74) is 3.54. The van der Waals surface area contributed by atoms with E-state index < -0.39 is 0 Å². The number of nitrogens with one attached hydrogen (secondary N) is 1. The van der Waals surface area contributed by atoms with Gasteiger partial charge in [-0.3, -0.25) is 0 Å². The van der Waals surface area contributed by atoms with Crippen LogP contribution in [0.2, 0.25) is 0 Å². The van der Waals surface area contributed by atoms with Gasteiger partial charge >= 0.3 is 0 Å². The summed E-state index contributed by atoms with van der Waals surface area (Å²) < 4.78 is 1.61. The van der Waals surface area contributed by atoms with Crippen molar-refractivity contribution in [2.45, 2.75) is 6.42 Å². The third-order valence-corrected chi connectivity index (χ3v) is 4.26. The topological polar surface area (TPSA) is 97.4 Å². The third-order valence-electron chi connectivity index (χ3n) is 4.26. The second-order valence-electron chi connectivity index (χ2n) is 6.18. The van der Waals surface area contributed by atoms with E-state index in [4.69, 9.17) is 0 Å². The van der Waals surface area contributed by atoms with Gasteiger partial charge in [0.1, 0.15) is 11.4 Å². The largest absolute Gasteiger partial charge is 0.387 e. The Morgan fingerprint density at radius 2 is 2.18 bits per heavy atom. The molecule has 0 saturated heterocycles. The van der Waals surface area contributed by atoms with Gasteiger partial charge in [-0.05, 0) is 28.5 Å². The Labute approximate surface area is 161 Å². The molecule has 8 nitrogen and oxygen atoms in total. The molecule has 0 atom stereocenters. The van der Waals surface area contributed by atoms with E-state index in [1.165, 1.54) is 0 Å². The lowest BCUT2D eigenvalue weighted by Crippen LogP contribution is -2.09. The third kappa shape index (κ3) is 3.61. The number of hydrogen-bond acceptors (Lipinski definition) is 7. The van der Waals surface area contributed by atoms with E-state index in [2.05, 4.69) is 37.4 Å². The molecule has 0 unspecified atom stereocenters. The second-order valence-corrected chi connectivity index (χ2v) is 6.18. The molecule has 0 amide bonds. The van der Waals surface area contributed by atoms with Crippen LogP contribution >= 0.6 is 0 Å². The minimum absolute atomic E-state index is 0.335. The van der Waals surface area contributed by atoms with Gasteiger partial charge in [-0.2, -0.15) is 9.61 Å². The van der Waals surface area contributed by atoms with Crippen molar-refractivity contribution < 1.29 is 0 Å². The predicted octanol–water partition coefficient (Wildman–Crippen LogP) is 3.28. The molecule has 1 aliphatic rings. The number of aromatic nitrogens is 5. The maximum Gasteiger partial charge on any atom is 0.271 e. The van der Waals surface area contributed by atoms with Crippen molar-refractivity contribution in [1.29, 1.82) is 0 Å². The Balaban J connectivity index is 1.70. The maximum atomic E-state index is 10.8. The zero-order valence-electron chi connectivity index (χ0n) is 15.0. The van der Waals surface area contributed by atoms with Crippen LogP contribution in [0.4, 0.5) is 5.69 Å². The van der Waals surface area contributed by atoms with Crippen LogP contribution in [0.25, 0.3) is 17.0 Å². The van der Waals surface area contributed by atoms with E-state index in [0.717, 1.165) is 23.3 Å². The Morgan fingerprint density at radius 1 is 1.25 bits per heavy atom. The van der Waals surface area contributed by atoms with Crippen molar-refractivity contribution >= 4 is 11.5 Å². The number of benzene rings is 1. The zero-order chi connectivity index (χ0) is 19.3. The Bertz CT molecular complexity index is 1140. The van der Waals surface area contributed by atoms with Crippen molar-refractivity contribution in [3.05, 3.63) is 89.4 Å². The molecule has 138 valence electrons. The lowest BCUT2D eigenvalue weighted by Gasteiger charge is -2.07. The molecule has 0 aliphatic carbocycles. The molecule has 0 radical (unpaired) electrons. The minimum Gasteiger partial charge on any atom is -0.387 e. The minimum atomic E-state index is 0.335. The summed E-state index contributed by atoms with van der Waals surface area (Å²) in [4.78, 5) is 15.1. The highest BCUT2D eigenvalue weighted by molar-refractivity contribution is 5.63. The molecular weight excluding hydrogens is 354 g/mol. The normalized spacial score (nSPS) is 16.4. The van der Waals surface area contributed by atoms with Crippen LogP contribution in [0.5, 0.6) is 0 Å². The van der Waals surface area contributed by atoms with Gasteiger partial charge in [-0.25, -0.2) is 4.98 Å². The number of fused-ring (bicyclic) bond motifs is 1. The summed E-state index contributed by atoms with van der Waals surface area (Å²) in [6, 6.07) is 6.90. The van der Waals surface area contributed by atoms with Crippen molar-refractivity contribution in [2.75, 3.05) is 6.54 Å². The van der Waals surface area contributed by atoms with Crippen LogP contribution in [0.3, 0.4) is 0 Å². The highest BCUT2D eigenvalue weighted by atomic mass is 16.3. The van der Waals surface area contributed by atoms with E-state index in [1.54, 1.807) is 28.9 Å². The average molecular weight is 371 g/mol. The van der Waals surface area contributed by atoms with E-state index >= 15 is 0 Å². The fraction of sp³-hybridized carbons (Fsp3) is 0.100. The molecule has 0 saturated carbocycles. The molecule has 1 aromatic carbocycles. The second kappa shape index (κ2) is 7.75. The van der Waals surface area contributed by atoms with E-state index in [9.17, 15) is 4.91 Å². The number of hydrogen-bond donors (Lipinski definition) is 1. The molecule has 8 heteroatoms. The van der Waals surface area contributed by atoms with Crippen LogP contribution in [-0.4, -0.2) is 31.3 Å². The van der Waals surface area contributed by atoms with Crippen LogP contribution in [0.15, 0.2) is 83.9 Å². The van der Waals surface area contributed by atoms with Gasteiger partial charge in [0.05, 0.1) is 6.20 Å². The highest BCUT2D eigenvalue weighted by Gasteiger charge is 2.13. The molecule has 2 aromatic heterocycles. The van der Waals surface area contributed by atoms with Gasteiger partial charge in [0.15, 0.2) is 5.82 Å². The van der Waals surface area contributed by atoms with Crippen LogP contribution in [0.1, 0.15) is 5.82 Å². The molecule has 28 heavy (non-hydrogen) atoms. The first-order valence-corrected chi connectivity index (χ1v) is 8.70. The summed E-state index contributed by atoms with van der Waals surface area (Å²) in [6.07, 6.45) is 11.9. The SMILES string of the molecule is C=C1/C=C\C=C/CNC=C1Cc1nnc2ncc(-c3cccc(N=O)c3)nn12. The van der Waals surface area contributed by atoms with Gasteiger partial charge < -0.3 is 5.32 Å². The van der Waals surface area contributed by atoms with E-state index in [1.807, 2.05) is 36.6 Å². The van der Waals surface area contributed by atoms with Crippen molar-refractivity contribution in [3.63, 3.8) is 0 Å². The van der Waals surface area contributed by atoms with Gasteiger partial charge in [0, 0.05) is 24.7 Å². The molecule has 0 spiro atoms. The molecule has 1 N–H and O–H groups in total. The first kappa shape index (κ1) is 17.5. The lowest BCUT2D eigenvalue weighted by molar-refractivity contribution is 0.822. The standard InChI is InChI=1S/C20H17N7O/c1-14-6-3-2-4-9-21-12-16(14)11-19-23-24-20-22-13-18(25-27(19)20)15-7-5-8-17(10-15)26-28/h2-8,10,12-13,21H,1,9,11H2/b4-2-,6-3-,16-12?. The van der Waals surface area contributed by atoms with Crippen LogP contribution in [-0.2, 0) is 6.42 Å². The summed E-state index contributed by atoms with van der Waals surface area (Å²) in [5.74, 6) is 1.05. The summed E-state index contributed by atoms with van der Waals surface area (Å²) in [7, 11) is 0. The number of allylic oxidation sites excluding steroid dienone is 5. The predicted molar refractivity (Wildman–Crippen MR) is 107 cm³/mol. The number of nitrogens with zero attached hydrogens (tertiary/aromatic N) is 6. The molecule has 0 fully saturated rings. The van der Waals surface area contributed by atoms with Crippen molar-refractivity contribution in [1.82, 2.24) is 30.1 Å². The van der Waals surface area contributed by atoms with Crippen LogP contribution < -0.4 is 5.32 Å². The first-order valence-electron chi connectivity index (χ1n) is 8.70. The molecule has 3 heterocycles. The van der Waals surface area contributed by atoms with Gasteiger partial charge in [0.2, 0.25) is 0 Å². The fourth-order valence-corrected chi connectivity index (χ4v) is 2.81. The Kier molecular flexibility index (Phi) is 4.83. The fourth-order valence-electron chi connectivity index (χ4n) is 2.81. The summed E-state index contributed by atoms with van der Waals surface area (Å²) >= 11 is 0. The van der Waals surface area contributed by atoms with Gasteiger partial charge in [0.25, 0.3) is 5.78 Å². The van der Waals surface area contributed by atoms with Crippen molar-refractivity contribution in [2.24, 2.45) is 5.18 Å². The molecule has 1 aliphatic heterocycles. The molecule has 3 aromatic rings. The van der Waals surface area contributed by atoms with E-state index in [0.29, 0.717) is 29.4 Å². The highest BCUT2D eigenvalue weighted by Crippen LogP contribution is 2.22. The summed E-state index contributed by atoms with van der Waals surface area (Å²) in [6.45, 7) is 4.85. The molecular formula is C20H17N7O. The molecule has 4 rings (SSSR count). The average Bonchev–Trinajstić information content (AvgIpc) is 3.17. The quantitative estimate of drug-likeness (QED) is 0.707. The Hall–Kier alpha value is -3.94. The number of rotatable bonds is 4. The first-order chi connectivity index (χ1) is 13.7. The monoisotopic (exact) mass is 371 g/mol. The van der Waals surface area contributed by atoms with Crippen molar-refractivity contribution in [3.8, 4) is 11.3 Å². The number of nitroso groups, excluding NO2 is 1. The van der Waals surface area contributed by atoms with Gasteiger partial charge in [-0.15, -0.1) is 15.1 Å². The smallest absolute Gasteiger partial charge is 0.271 e. The molecule has 0 bridgehead atoms. The lowest BCUT2D eigenvalue weighted by atomic mass is 10.0. The maximum absolute atomic E-state index is 10.8.